The number of nitrogens with zero attached hydrogens (tertiary/aromatic N) is 1. The predicted molar refractivity (Wildman–Crippen MR) is 97.3 cm³/mol. The molecule has 1 spiro atoms. The maximum atomic E-state index is 12.6. The topological polar surface area (TPSA) is 38.8 Å². The molecule has 2 saturated heterocycles. The van der Waals surface area contributed by atoms with Gasteiger partial charge < -0.3 is 14.4 Å². The molecule has 0 aromatic carbocycles. The molecule has 4 heteroatoms. The fraction of sp³-hybridized carbons (Fsp3) is 0.857. The van der Waals surface area contributed by atoms with E-state index in [2.05, 4.69) is 11.0 Å². The van der Waals surface area contributed by atoms with E-state index in [1.165, 1.54) is 31.3 Å². The van der Waals surface area contributed by atoms with Crippen LogP contribution in [-0.4, -0.2) is 49.8 Å². The van der Waals surface area contributed by atoms with E-state index >= 15 is 0 Å². The zero-order valence-electron chi connectivity index (χ0n) is 15.5. The summed E-state index contributed by atoms with van der Waals surface area (Å²) in [6.07, 6.45) is 14.0. The van der Waals surface area contributed by atoms with Gasteiger partial charge in [0.05, 0.1) is 19.3 Å². The highest BCUT2D eigenvalue weighted by Crippen LogP contribution is 2.42. The van der Waals surface area contributed by atoms with Crippen molar-refractivity contribution in [2.45, 2.75) is 70.3 Å². The van der Waals surface area contributed by atoms with Crippen LogP contribution in [0.15, 0.2) is 11.6 Å². The van der Waals surface area contributed by atoms with Crippen LogP contribution in [0, 0.1) is 11.3 Å². The van der Waals surface area contributed by atoms with Gasteiger partial charge in [0.25, 0.3) is 0 Å². The molecule has 4 nitrogen and oxygen atoms in total. The van der Waals surface area contributed by atoms with Crippen LogP contribution in [0.25, 0.3) is 0 Å². The van der Waals surface area contributed by atoms with Gasteiger partial charge in [-0.05, 0) is 69.1 Å². The van der Waals surface area contributed by atoms with Crippen LogP contribution < -0.4 is 0 Å². The standard InChI is InChI=1S/C21H33NO3/c23-20(12-17-4-2-1-3-5-17)22-10-8-21(9-11-22)13-19(25-16-21)15-24-14-18-6-7-18/h4,18-19H,1-3,5-16H2/t19-/m1/s1. The molecule has 1 atom stereocenters. The van der Waals surface area contributed by atoms with Crippen molar-refractivity contribution < 1.29 is 14.3 Å². The average Bonchev–Trinajstić information content (AvgIpc) is 3.38. The first-order chi connectivity index (χ1) is 12.2. The number of hydrogen-bond donors (Lipinski definition) is 0. The van der Waals surface area contributed by atoms with Gasteiger partial charge >= 0.3 is 0 Å². The van der Waals surface area contributed by atoms with E-state index in [-0.39, 0.29) is 6.10 Å². The molecule has 1 saturated carbocycles. The van der Waals surface area contributed by atoms with Crippen molar-refractivity contribution in [3.63, 3.8) is 0 Å². The maximum absolute atomic E-state index is 12.6. The highest BCUT2D eigenvalue weighted by Gasteiger charge is 2.43. The molecule has 1 amide bonds. The van der Waals surface area contributed by atoms with Crippen LogP contribution in [-0.2, 0) is 14.3 Å². The summed E-state index contributed by atoms with van der Waals surface area (Å²) < 4.78 is 11.9. The molecule has 4 aliphatic rings. The number of rotatable bonds is 6. The largest absolute Gasteiger partial charge is 0.378 e. The number of amides is 1. The van der Waals surface area contributed by atoms with Crippen LogP contribution in [0.4, 0.5) is 0 Å². The molecular formula is C21H33NO3. The van der Waals surface area contributed by atoms with Gasteiger partial charge in [0.15, 0.2) is 0 Å². The van der Waals surface area contributed by atoms with Crippen molar-refractivity contribution in [1.29, 1.82) is 0 Å². The zero-order valence-corrected chi connectivity index (χ0v) is 15.5. The van der Waals surface area contributed by atoms with Gasteiger partial charge in [-0.1, -0.05) is 11.6 Å². The van der Waals surface area contributed by atoms with E-state index in [1.807, 2.05) is 0 Å². The Kier molecular flexibility index (Phi) is 5.47. The predicted octanol–water partition coefficient (Wildman–Crippen LogP) is 3.70. The van der Waals surface area contributed by atoms with Crippen LogP contribution in [0.3, 0.4) is 0 Å². The van der Waals surface area contributed by atoms with Crippen molar-refractivity contribution in [2.24, 2.45) is 11.3 Å². The third kappa shape index (κ3) is 4.65. The van der Waals surface area contributed by atoms with Crippen molar-refractivity contribution in [3.8, 4) is 0 Å². The molecule has 2 heterocycles. The van der Waals surface area contributed by atoms with Crippen molar-refractivity contribution in [1.82, 2.24) is 4.90 Å². The second kappa shape index (κ2) is 7.79. The Morgan fingerprint density at radius 1 is 1.24 bits per heavy atom. The first-order valence-electron chi connectivity index (χ1n) is 10.4. The highest BCUT2D eigenvalue weighted by atomic mass is 16.5. The lowest BCUT2D eigenvalue weighted by molar-refractivity contribution is -0.132. The number of hydrogen-bond acceptors (Lipinski definition) is 3. The second-order valence-electron chi connectivity index (χ2n) is 8.78. The lowest BCUT2D eigenvalue weighted by atomic mass is 9.76. The van der Waals surface area contributed by atoms with Crippen LogP contribution in [0.2, 0.25) is 0 Å². The minimum absolute atomic E-state index is 0.272. The number of carbonyl (C=O) groups excluding carboxylic acids is 1. The maximum Gasteiger partial charge on any atom is 0.226 e. The molecule has 0 aromatic rings. The van der Waals surface area contributed by atoms with Gasteiger partial charge in [0.1, 0.15) is 0 Å². The number of carbonyl (C=O) groups is 1. The number of piperidine rings is 1. The fourth-order valence-electron chi connectivity index (χ4n) is 4.60. The highest BCUT2D eigenvalue weighted by molar-refractivity contribution is 5.78. The SMILES string of the molecule is O=C(CC1=CCCCC1)N1CCC2(CC1)CO[C@@H](COCC1CC1)C2. The summed E-state index contributed by atoms with van der Waals surface area (Å²) in [6, 6.07) is 0. The third-order valence-electron chi connectivity index (χ3n) is 6.58. The zero-order chi connectivity index (χ0) is 17.1. The van der Waals surface area contributed by atoms with Crippen molar-refractivity contribution in [2.75, 3.05) is 32.9 Å². The number of likely N-dealkylation sites (tertiary alicyclic amines) is 1. The van der Waals surface area contributed by atoms with E-state index in [0.29, 0.717) is 17.7 Å². The summed E-state index contributed by atoms with van der Waals surface area (Å²) in [7, 11) is 0. The molecule has 0 N–H and O–H groups in total. The Balaban J connectivity index is 1.19. The molecule has 2 aliphatic carbocycles. The Labute approximate surface area is 151 Å². The molecule has 0 aromatic heterocycles. The van der Waals surface area contributed by atoms with Gasteiger partial charge in [0, 0.05) is 26.1 Å². The van der Waals surface area contributed by atoms with Crippen molar-refractivity contribution in [3.05, 3.63) is 11.6 Å². The van der Waals surface area contributed by atoms with E-state index < -0.39 is 0 Å². The monoisotopic (exact) mass is 347 g/mol. The van der Waals surface area contributed by atoms with E-state index in [4.69, 9.17) is 9.47 Å². The van der Waals surface area contributed by atoms with E-state index in [0.717, 1.165) is 70.9 Å². The molecule has 140 valence electrons. The van der Waals surface area contributed by atoms with E-state index in [9.17, 15) is 4.79 Å². The van der Waals surface area contributed by atoms with E-state index in [1.54, 1.807) is 0 Å². The second-order valence-corrected chi connectivity index (χ2v) is 8.78. The first-order valence-corrected chi connectivity index (χ1v) is 10.4. The Morgan fingerprint density at radius 2 is 2.08 bits per heavy atom. The van der Waals surface area contributed by atoms with Gasteiger partial charge in [-0.3, -0.25) is 4.79 Å². The first kappa shape index (κ1) is 17.5. The Morgan fingerprint density at radius 3 is 2.80 bits per heavy atom. The Bertz CT molecular complexity index is 503. The summed E-state index contributed by atoms with van der Waals surface area (Å²) in [4.78, 5) is 14.7. The summed E-state index contributed by atoms with van der Waals surface area (Å²) in [5.74, 6) is 1.16. The minimum Gasteiger partial charge on any atom is -0.378 e. The lowest BCUT2D eigenvalue weighted by Crippen LogP contribution is -2.43. The lowest BCUT2D eigenvalue weighted by Gasteiger charge is -2.38. The van der Waals surface area contributed by atoms with Gasteiger partial charge in [-0.2, -0.15) is 0 Å². The molecule has 25 heavy (non-hydrogen) atoms. The molecule has 0 bridgehead atoms. The van der Waals surface area contributed by atoms with Gasteiger partial charge in [0.2, 0.25) is 5.91 Å². The average molecular weight is 347 g/mol. The molecule has 4 rings (SSSR count). The summed E-state index contributed by atoms with van der Waals surface area (Å²) in [5.41, 5.74) is 1.67. The summed E-state index contributed by atoms with van der Waals surface area (Å²) in [5, 5.41) is 0. The van der Waals surface area contributed by atoms with Gasteiger partial charge in [-0.25, -0.2) is 0 Å². The molecule has 0 unspecified atom stereocenters. The summed E-state index contributed by atoms with van der Waals surface area (Å²) >= 11 is 0. The normalized spacial score (nSPS) is 29.0. The smallest absolute Gasteiger partial charge is 0.226 e. The molecular weight excluding hydrogens is 314 g/mol. The number of ether oxygens (including phenoxy) is 2. The molecule has 2 aliphatic heterocycles. The fourth-order valence-corrected chi connectivity index (χ4v) is 4.60. The molecule has 3 fully saturated rings. The Hall–Kier alpha value is -0.870. The molecule has 0 radical (unpaired) electrons. The van der Waals surface area contributed by atoms with Gasteiger partial charge in [-0.15, -0.1) is 0 Å². The van der Waals surface area contributed by atoms with Crippen LogP contribution in [0.5, 0.6) is 0 Å². The van der Waals surface area contributed by atoms with Crippen LogP contribution >= 0.6 is 0 Å². The quantitative estimate of drug-likeness (QED) is 0.688. The number of allylic oxidation sites excluding steroid dienone is 1. The minimum atomic E-state index is 0.272. The van der Waals surface area contributed by atoms with Crippen molar-refractivity contribution >= 4 is 5.91 Å². The summed E-state index contributed by atoms with van der Waals surface area (Å²) in [6.45, 7) is 4.36. The van der Waals surface area contributed by atoms with Crippen LogP contribution in [0.1, 0.15) is 64.2 Å². The third-order valence-corrected chi connectivity index (χ3v) is 6.58.